The summed E-state index contributed by atoms with van der Waals surface area (Å²) in [6.07, 6.45) is 0. The van der Waals surface area contributed by atoms with Gasteiger partial charge in [0.25, 0.3) is 11.8 Å². The monoisotopic (exact) mass is 437 g/mol. The SMILES string of the molecule is Cc1cc(-c2nc(CN3CCNCC3)no2)cc2c1C(=O)N(Cc1ccc(Cl)cc1)C2. The smallest absolute Gasteiger partial charge is 0.257 e. The second-order valence-corrected chi connectivity index (χ2v) is 8.59. The molecule has 8 heteroatoms. The average molecular weight is 438 g/mol. The number of aromatic nitrogens is 2. The van der Waals surface area contributed by atoms with Gasteiger partial charge in [0.15, 0.2) is 5.82 Å². The van der Waals surface area contributed by atoms with Crippen molar-refractivity contribution >= 4 is 17.5 Å². The van der Waals surface area contributed by atoms with Gasteiger partial charge in [-0.05, 0) is 47.9 Å². The Kier molecular flexibility index (Phi) is 5.48. The molecule has 2 aliphatic heterocycles. The zero-order valence-electron chi connectivity index (χ0n) is 17.4. The molecule has 3 aromatic rings. The van der Waals surface area contributed by atoms with Gasteiger partial charge in [-0.3, -0.25) is 9.69 Å². The molecule has 1 saturated heterocycles. The Labute approximate surface area is 186 Å². The van der Waals surface area contributed by atoms with Crippen LogP contribution in [0.15, 0.2) is 40.9 Å². The predicted molar refractivity (Wildman–Crippen MR) is 118 cm³/mol. The molecule has 1 N–H and O–H groups in total. The molecular formula is C23H24ClN5O2. The first-order valence-electron chi connectivity index (χ1n) is 10.5. The fourth-order valence-corrected chi connectivity index (χ4v) is 4.42. The molecule has 1 amide bonds. The zero-order chi connectivity index (χ0) is 21.4. The standard InChI is InChI=1S/C23H24ClN5O2/c1-15-10-17(22-26-20(27-31-22)14-28-8-6-25-7-9-28)11-18-13-29(23(30)21(15)18)12-16-2-4-19(24)5-3-16/h2-5,10-11,25H,6-9,12-14H2,1H3. The van der Waals surface area contributed by atoms with E-state index in [4.69, 9.17) is 16.1 Å². The minimum Gasteiger partial charge on any atom is -0.334 e. The van der Waals surface area contributed by atoms with Crippen molar-refractivity contribution in [3.63, 3.8) is 0 Å². The van der Waals surface area contributed by atoms with E-state index in [0.717, 1.165) is 54.0 Å². The van der Waals surface area contributed by atoms with Crippen LogP contribution in [-0.2, 0) is 19.6 Å². The van der Waals surface area contributed by atoms with E-state index >= 15 is 0 Å². The fourth-order valence-electron chi connectivity index (χ4n) is 4.29. The average Bonchev–Trinajstić information content (AvgIpc) is 3.35. The van der Waals surface area contributed by atoms with Gasteiger partial charge in [0.05, 0.1) is 6.54 Å². The number of hydrogen-bond acceptors (Lipinski definition) is 6. The van der Waals surface area contributed by atoms with Crippen molar-refractivity contribution < 1.29 is 9.32 Å². The summed E-state index contributed by atoms with van der Waals surface area (Å²) in [6, 6.07) is 11.6. The van der Waals surface area contributed by atoms with Crippen molar-refractivity contribution in [3.8, 4) is 11.5 Å². The maximum absolute atomic E-state index is 13.0. The predicted octanol–water partition coefficient (Wildman–Crippen LogP) is 3.26. The minimum absolute atomic E-state index is 0.0546. The molecule has 3 heterocycles. The van der Waals surface area contributed by atoms with Crippen molar-refractivity contribution in [3.05, 3.63) is 69.5 Å². The van der Waals surface area contributed by atoms with Crippen LogP contribution in [0.3, 0.4) is 0 Å². The molecule has 1 fully saturated rings. The topological polar surface area (TPSA) is 74.5 Å². The number of nitrogens with one attached hydrogen (secondary N) is 1. The molecule has 7 nitrogen and oxygen atoms in total. The quantitative estimate of drug-likeness (QED) is 0.660. The molecule has 0 spiro atoms. The Morgan fingerprint density at radius 2 is 1.90 bits per heavy atom. The number of hydrogen-bond donors (Lipinski definition) is 1. The van der Waals surface area contributed by atoms with Gasteiger partial charge in [-0.2, -0.15) is 4.98 Å². The number of carbonyl (C=O) groups is 1. The van der Waals surface area contributed by atoms with Gasteiger partial charge in [0, 0.05) is 55.4 Å². The van der Waals surface area contributed by atoms with Gasteiger partial charge in [0.1, 0.15) is 0 Å². The summed E-state index contributed by atoms with van der Waals surface area (Å²) in [5, 5.41) is 8.20. The summed E-state index contributed by atoms with van der Waals surface area (Å²) in [6.45, 7) is 7.68. The summed E-state index contributed by atoms with van der Waals surface area (Å²) >= 11 is 5.98. The molecule has 0 saturated carbocycles. The normalized spacial score (nSPS) is 16.7. The van der Waals surface area contributed by atoms with Crippen LogP contribution in [-0.4, -0.2) is 52.0 Å². The highest BCUT2D eigenvalue weighted by atomic mass is 35.5. The first kappa shape index (κ1) is 20.2. The summed E-state index contributed by atoms with van der Waals surface area (Å²) in [4.78, 5) is 21.8. The molecule has 0 bridgehead atoms. The second-order valence-electron chi connectivity index (χ2n) is 8.16. The van der Waals surface area contributed by atoms with Crippen LogP contribution in [0.5, 0.6) is 0 Å². The molecule has 31 heavy (non-hydrogen) atoms. The molecule has 0 radical (unpaired) electrons. The highest BCUT2D eigenvalue weighted by Gasteiger charge is 2.30. The minimum atomic E-state index is 0.0546. The fraction of sp³-hybridized carbons (Fsp3) is 0.348. The van der Waals surface area contributed by atoms with E-state index in [9.17, 15) is 4.79 Å². The largest absolute Gasteiger partial charge is 0.334 e. The third kappa shape index (κ3) is 4.21. The van der Waals surface area contributed by atoms with Crippen molar-refractivity contribution in [2.24, 2.45) is 0 Å². The summed E-state index contributed by atoms with van der Waals surface area (Å²) < 4.78 is 5.55. The van der Waals surface area contributed by atoms with Gasteiger partial charge in [-0.25, -0.2) is 0 Å². The van der Waals surface area contributed by atoms with Gasteiger partial charge in [-0.1, -0.05) is 28.9 Å². The Bertz CT molecular complexity index is 1110. The molecule has 5 rings (SSSR count). The number of benzene rings is 2. The molecule has 160 valence electrons. The lowest BCUT2D eigenvalue weighted by molar-refractivity contribution is 0.0766. The molecule has 0 unspecified atom stereocenters. The molecule has 2 aliphatic rings. The number of halogens is 1. The number of amides is 1. The van der Waals surface area contributed by atoms with Crippen LogP contribution >= 0.6 is 11.6 Å². The van der Waals surface area contributed by atoms with Gasteiger partial charge in [0.2, 0.25) is 0 Å². The van der Waals surface area contributed by atoms with E-state index in [1.54, 1.807) is 0 Å². The summed E-state index contributed by atoms with van der Waals surface area (Å²) in [7, 11) is 0. The second kappa shape index (κ2) is 8.42. The van der Waals surface area contributed by atoms with E-state index in [0.29, 0.717) is 36.4 Å². The Balaban J connectivity index is 1.34. The van der Waals surface area contributed by atoms with Crippen molar-refractivity contribution in [2.75, 3.05) is 26.2 Å². The third-order valence-electron chi connectivity index (χ3n) is 5.86. The van der Waals surface area contributed by atoms with Crippen LogP contribution in [0.4, 0.5) is 0 Å². The highest BCUT2D eigenvalue weighted by molar-refractivity contribution is 6.30. The van der Waals surface area contributed by atoms with Crippen LogP contribution in [0, 0.1) is 6.92 Å². The third-order valence-corrected chi connectivity index (χ3v) is 6.11. The Hall–Kier alpha value is -2.74. The molecular weight excluding hydrogens is 414 g/mol. The van der Waals surface area contributed by atoms with Gasteiger partial charge >= 0.3 is 0 Å². The van der Waals surface area contributed by atoms with Crippen molar-refractivity contribution in [1.29, 1.82) is 0 Å². The first-order chi connectivity index (χ1) is 15.1. The Morgan fingerprint density at radius 1 is 1.13 bits per heavy atom. The maximum Gasteiger partial charge on any atom is 0.257 e. The summed E-state index contributed by atoms with van der Waals surface area (Å²) in [5.41, 5.74) is 4.61. The van der Waals surface area contributed by atoms with E-state index in [1.807, 2.05) is 48.2 Å². The van der Waals surface area contributed by atoms with Crippen molar-refractivity contribution in [2.45, 2.75) is 26.6 Å². The highest BCUT2D eigenvalue weighted by Crippen LogP contribution is 2.32. The van der Waals surface area contributed by atoms with E-state index in [1.165, 1.54) is 0 Å². The van der Waals surface area contributed by atoms with Crippen LogP contribution < -0.4 is 5.32 Å². The molecule has 1 aromatic heterocycles. The Morgan fingerprint density at radius 3 is 2.68 bits per heavy atom. The van der Waals surface area contributed by atoms with E-state index in [2.05, 4.69) is 20.4 Å². The van der Waals surface area contributed by atoms with Crippen LogP contribution in [0.25, 0.3) is 11.5 Å². The molecule has 0 aliphatic carbocycles. The molecule has 0 atom stereocenters. The maximum atomic E-state index is 13.0. The number of rotatable bonds is 5. The van der Waals surface area contributed by atoms with Gasteiger partial charge < -0.3 is 14.7 Å². The number of piperazine rings is 1. The van der Waals surface area contributed by atoms with Crippen molar-refractivity contribution in [1.82, 2.24) is 25.3 Å². The lowest BCUT2D eigenvalue weighted by atomic mass is 10.0. The van der Waals surface area contributed by atoms with Crippen LogP contribution in [0.1, 0.15) is 32.9 Å². The first-order valence-corrected chi connectivity index (χ1v) is 10.9. The zero-order valence-corrected chi connectivity index (χ0v) is 18.2. The lowest BCUT2D eigenvalue weighted by Crippen LogP contribution is -2.43. The lowest BCUT2D eigenvalue weighted by Gasteiger charge is -2.25. The van der Waals surface area contributed by atoms with E-state index < -0.39 is 0 Å². The van der Waals surface area contributed by atoms with E-state index in [-0.39, 0.29) is 5.91 Å². The molecule has 2 aromatic carbocycles. The van der Waals surface area contributed by atoms with Crippen LogP contribution in [0.2, 0.25) is 5.02 Å². The number of carbonyl (C=O) groups excluding carboxylic acids is 1. The number of fused-ring (bicyclic) bond motifs is 1. The van der Waals surface area contributed by atoms with Gasteiger partial charge in [-0.15, -0.1) is 0 Å². The number of nitrogens with zero attached hydrogens (tertiary/aromatic N) is 4. The summed E-state index contributed by atoms with van der Waals surface area (Å²) in [5.74, 6) is 1.24. The number of aryl methyl sites for hydroxylation is 1.